The summed E-state index contributed by atoms with van der Waals surface area (Å²) in [5, 5.41) is 32.1. The molecular weight excluding hydrogens is 501 g/mol. The van der Waals surface area contributed by atoms with Crippen LogP contribution in [0.15, 0.2) is 36.5 Å². The van der Waals surface area contributed by atoms with Crippen molar-refractivity contribution in [2.45, 2.75) is 38.4 Å². The van der Waals surface area contributed by atoms with Gasteiger partial charge < -0.3 is 24.8 Å². The SMILES string of the molecule is COc1ccc2ncc(CO)c(C(O)CCC3(CO)CCN(CCOc4c(F)cc(F)cc4F)CC3)c2c1. The Hall–Kier alpha value is -2.92. The zero-order chi connectivity index (χ0) is 27.3. The monoisotopic (exact) mass is 534 g/mol. The molecule has 1 saturated heterocycles. The molecule has 1 unspecified atom stereocenters. The van der Waals surface area contributed by atoms with Crippen LogP contribution in [0.3, 0.4) is 0 Å². The summed E-state index contributed by atoms with van der Waals surface area (Å²) >= 11 is 0. The molecule has 0 saturated carbocycles. The predicted octanol–water partition coefficient (Wildman–Crippen LogP) is 4.12. The Morgan fingerprint density at radius 2 is 1.79 bits per heavy atom. The van der Waals surface area contributed by atoms with Crippen LogP contribution in [0.5, 0.6) is 11.5 Å². The van der Waals surface area contributed by atoms with Gasteiger partial charge in [-0.05, 0) is 68.0 Å². The molecule has 1 aromatic heterocycles. The van der Waals surface area contributed by atoms with Crippen molar-refractivity contribution in [3.63, 3.8) is 0 Å². The summed E-state index contributed by atoms with van der Waals surface area (Å²) < 4.78 is 51.2. The molecule has 38 heavy (non-hydrogen) atoms. The number of rotatable bonds is 11. The van der Waals surface area contributed by atoms with Gasteiger partial charge in [0.25, 0.3) is 0 Å². The van der Waals surface area contributed by atoms with Crippen LogP contribution in [0, 0.1) is 22.9 Å². The molecule has 0 aliphatic carbocycles. The number of aromatic nitrogens is 1. The second-order valence-corrected chi connectivity index (χ2v) is 9.84. The average molecular weight is 535 g/mol. The van der Waals surface area contributed by atoms with Crippen molar-refractivity contribution in [2.75, 3.05) is 40.0 Å². The van der Waals surface area contributed by atoms with Crippen LogP contribution in [0.25, 0.3) is 10.9 Å². The fraction of sp³-hybridized carbons (Fsp3) is 0.464. The number of ether oxygens (including phenoxy) is 2. The quantitative estimate of drug-likeness (QED) is 0.341. The maximum Gasteiger partial charge on any atom is 0.190 e. The fourth-order valence-electron chi connectivity index (χ4n) is 5.15. The third-order valence-corrected chi connectivity index (χ3v) is 7.52. The highest BCUT2D eigenvalue weighted by Gasteiger charge is 2.35. The molecule has 3 aromatic rings. The molecule has 0 radical (unpaired) electrons. The van der Waals surface area contributed by atoms with E-state index in [1.807, 2.05) is 0 Å². The summed E-state index contributed by atoms with van der Waals surface area (Å²) in [7, 11) is 1.56. The van der Waals surface area contributed by atoms with Crippen molar-refractivity contribution in [3.8, 4) is 11.5 Å². The summed E-state index contributed by atoms with van der Waals surface area (Å²) in [6.07, 6.45) is 3.00. The number of aliphatic hydroxyl groups excluding tert-OH is 3. The first kappa shape index (κ1) is 28.1. The first-order valence-corrected chi connectivity index (χ1v) is 12.6. The Morgan fingerprint density at radius 1 is 1.08 bits per heavy atom. The minimum absolute atomic E-state index is 0.0339. The van der Waals surface area contributed by atoms with Gasteiger partial charge >= 0.3 is 0 Å². The lowest BCUT2D eigenvalue weighted by Gasteiger charge is -2.41. The minimum atomic E-state index is -1.08. The number of aliphatic hydroxyl groups is 3. The molecular formula is C28H33F3N2O5. The van der Waals surface area contributed by atoms with Crippen molar-refractivity contribution < 1.29 is 38.0 Å². The van der Waals surface area contributed by atoms with Gasteiger partial charge in [0.05, 0.1) is 25.3 Å². The molecule has 1 atom stereocenters. The van der Waals surface area contributed by atoms with Crippen LogP contribution in [0.4, 0.5) is 13.2 Å². The summed E-state index contributed by atoms with van der Waals surface area (Å²) in [5.41, 5.74) is 1.46. The maximum atomic E-state index is 13.8. The highest BCUT2D eigenvalue weighted by Crippen LogP contribution is 2.39. The van der Waals surface area contributed by atoms with Gasteiger partial charge in [0.2, 0.25) is 0 Å². The molecule has 2 heterocycles. The largest absolute Gasteiger partial charge is 0.497 e. The van der Waals surface area contributed by atoms with Crippen LogP contribution in [0.1, 0.15) is 42.9 Å². The first-order valence-electron chi connectivity index (χ1n) is 12.6. The van der Waals surface area contributed by atoms with Crippen molar-refractivity contribution in [1.29, 1.82) is 0 Å². The van der Waals surface area contributed by atoms with E-state index in [0.29, 0.717) is 85.2 Å². The lowest BCUT2D eigenvalue weighted by molar-refractivity contribution is 0.0201. The highest BCUT2D eigenvalue weighted by molar-refractivity contribution is 5.85. The van der Waals surface area contributed by atoms with Gasteiger partial charge in [-0.2, -0.15) is 0 Å². The lowest BCUT2D eigenvalue weighted by atomic mass is 9.74. The number of hydrogen-bond donors (Lipinski definition) is 3. The zero-order valence-corrected chi connectivity index (χ0v) is 21.3. The number of hydrogen-bond acceptors (Lipinski definition) is 7. The first-order chi connectivity index (χ1) is 18.3. The molecule has 4 rings (SSSR count). The topological polar surface area (TPSA) is 95.3 Å². The molecule has 1 aliphatic heterocycles. The van der Waals surface area contributed by atoms with E-state index < -0.39 is 29.3 Å². The van der Waals surface area contributed by atoms with E-state index in [1.165, 1.54) is 0 Å². The van der Waals surface area contributed by atoms with Gasteiger partial charge in [0.1, 0.15) is 18.2 Å². The van der Waals surface area contributed by atoms with Gasteiger partial charge in [-0.3, -0.25) is 9.88 Å². The summed E-state index contributed by atoms with van der Waals surface area (Å²) in [6, 6.07) is 6.55. The molecule has 0 bridgehead atoms. The summed E-state index contributed by atoms with van der Waals surface area (Å²) in [4.78, 5) is 6.45. The molecule has 206 valence electrons. The third-order valence-electron chi connectivity index (χ3n) is 7.52. The Kier molecular flexibility index (Phi) is 9.09. The second-order valence-electron chi connectivity index (χ2n) is 9.84. The van der Waals surface area contributed by atoms with Crippen LogP contribution in [0.2, 0.25) is 0 Å². The number of benzene rings is 2. The molecule has 7 nitrogen and oxygen atoms in total. The van der Waals surface area contributed by atoms with E-state index in [9.17, 15) is 28.5 Å². The van der Waals surface area contributed by atoms with Gasteiger partial charge in [-0.15, -0.1) is 0 Å². The molecule has 2 aromatic carbocycles. The molecule has 10 heteroatoms. The third kappa shape index (κ3) is 6.20. The van der Waals surface area contributed by atoms with Crippen LogP contribution < -0.4 is 9.47 Å². The number of piperidine rings is 1. The van der Waals surface area contributed by atoms with E-state index in [1.54, 1.807) is 31.5 Å². The van der Waals surface area contributed by atoms with E-state index >= 15 is 0 Å². The van der Waals surface area contributed by atoms with Crippen molar-refractivity contribution in [2.24, 2.45) is 5.41 Å². The van der Waals surface area contributed by atoms with Gasteiger partial charge in [0.15, 0.2) is 17.4 Å². The van der Waals surface area contributed by atoms with E-state index in [4.69, 9.17) is 9.47 Å². The molecule has 3 N–H and O–H groups in total. The predicted molar refractivity (Wildman–Crippen MR) is 135 cm³/mol. The maximum absolute atomic E-state index is 13.8. The van der Waals surface area contributed by atoms with Crippen molar-refractivity contribution >= 4 is 10.9 Å². The number of likely N-dealkylation sites (tertiary alicyclic amines) is 1. The van der Waals surface area contributed by atoms with Crippen molar-refractivity contribution in [3.05, 3.63) is 65.1 Å². The molecule has 0 amide bonds. The number of halogens is 3. The van der Waals surface area contributed by atoms with Crippen LogP contribution in [-0.2, 0) is 6.61 Å². The zero-order valence-electron chi connectivity index (χ0n) is 21.3. The van der Waals surface area contributed by atoms with E-state index in [2.05, 4.69) is 9.88 Å². The van der Waals surface area contributed by atoms with Gasteiger partial charge in [-0.25, -0.2) is 13.2 Å². The fourth-order valence-corrected chi connectivity index (χ4v) is 5.15. The van der Waals surface area contributed by atoms with Crippen LogP contribution in [-0.4, -0.2) is 65.2 Å². The second kappa shape index (κ2) is 12.3. The van der Waals surface area contributed by atoms with Crippen LogP contribution >= 0.6 is 0 Å². The minimum Gasteiger partial charge on any atom is -0.497 e. The summed E-state index contributed by atoms with van der Waals surface area (Å²) in [6.45, 7) is 1.45. The molecule has 0 spiro atoms. The average Bonchev–Trinajstić information content (AvgIpc) is 2.92. The summed E-state index contributed by atoms with van der Waals surface area (Å²) in [5.74, 6) is -3.13. The smallest absolute Gasteiger partial charge is 0.190 e. The van der Waals surface area contributed by atoms with Gasteiger partial charge in [0, 0.05) is 42.4 Å². The van der Waals surface area contributed by atoms with Crippen molar-refractivity contribution in [1.82, 2.24) is 9.88 Å². The highest BCUT2D eigenvalue weighted by atomic mass is 19.1. The Morgan fingerprint density at radius 3 is 2.42 bits per heavy atom. The molecule has 1 aliphatic rings. The standard InChI is InChI=1S/C28H33F3N2O5/c1-37-20-2-3-24-21(14-20)26(18(16-34)15-32-24)25(36)4-5-28(17-35)6-8-33(9-7-28)10-11-38-27-22(30)12-19(29)13-23(27)31/h2-3,12-15,25,34-36H,4-11,16-17H2,1H3. The van der Waals surface area contributed by atoms with Gasteiger partial charge in [-0.1, -0.05) is 0 Å². The molecule has 1 fully saturated rings. The lowest BCUT2D eigenvalue weighted by Crippen LogP contribution is -2.43. The number of methoxy groups -OCH3 is 1. The van der Waals surface area contributed by atoms with E-state index in [0.717, 1.165) is 0 Å². The normalized spacial score (nSPS) is 16.5. The Balaban J connectivity index is 1.35. The number of nitrogens with zero attached hydrogens (tertiary/aromatic N) is 2. The van der Waals surface area contributed by atoms with E-state index in [-0.39, 0.29) is 25.2 Å². The Bertz CT molecular complexity index is 1220. The number of pyridine rings is 1. The number of fused-ring (bicyclic) bond motifs is 1. The Labute approximate surface area is 219 Å².